The average molecular weight is 1340 g/mol. The molecule has 0 aliphatic heterocycles. The van der Waals surface area contributed by atoms with Gasteiger partial charge in [-0.3, -0.25) is 18.6 Å². The summed E-state index contributed by atoms with van der Waals surface area (Å²) >= 11 is 0. The summed E-state index contributed by atoms with van der Waals surface area (Å²) in [6, 6.07) is 0. The van der Waals surface area contributed by atoms with Crippen molar-refractivity contribution in [2.75, 3.05) is 47.5 Å². The van der Waals surface area contributed by atoms with Gasteiger partial charge in [0.1, 0.15) is 19.8 Å². The third kappa shape index (κ3) is 77.3. The highest BCUT2D eigenvalue weighted by Gasteiger charge is 2.27. The lowest BCUT2D eigenvalue weighted by Crippen LogP contribution is -2.37. The molecule has 0 saturated heterocycles. The quantitative estimate of drug-likeness (QED) is 0.0211. The number of ether oxygens (including phenoxy) is 2. The molecule has 0 aromatic rings. The minimum atomic E-state index is -4.42. The first-order chi connectivity index (χ1) is 47.0. The Hall–Kier alpha value is -5.67. The van der Waals surface area contributed by atoms with Crippen LogP contribution in [0.5, 0.6) is 0 Å². The molecule has 0 saturated carbocycles. The van der Waals surface area contributed by atoms with Crippen molar-refractivity contribution < 1.29 is 42.1 Å². The summed E-state index contributed by atoms with van der Waals surface area (Å²) in [6.07, 6.45) is 118. The highest BCUT2D eigenvalue weighted by molar-refractivity contribution is 7.47. The van der Waals surface area contributed by atoms with Crippen molar-refractivity contribution >= 4 is 19.8 Å². The molecule has 0 rings (SSSR count). The Bertz CT molecular complexity index is 2430. The number of phosphoric acid groups is 1. The van der Waals surface area contributed by atoms with Gasteiger partial charge in [0.25, 0.3) is 0 Å². The summed E-state index contributed by atoms with van der Waals surface area (Å²) in [7, 11) is 1.44. The predicted molar refractivity (Wildman–Crippen MR) is 417 cm³/mol. The van der Waals surface area contributed by atoms with E-state index in [0.29, 0.717) is 23.9 Å². The molecule has 0 bridgehead atoms. The Morgan fingerprint density at radius 1 is 0.323 bits per heavy atom. The van der Waals surface area contributed by atoms with Crippen LogP contribution in [0.2, 0.25) is 0 Å². The van der Waals surface area contributed by atoms with Crippen molar-refractivity contribution in [2.45, 2.75) is 264 Å². The molecule has 2 atom stereocenters. The lowest BCUT2D eigenvalue weighted by atomic mass is 10.1. The Balaban J connectivity index is 4.16. The summed E-state index contributed by atoms with van der Waals surface area (Å²) < 4.78 is 34.7. The molecular formula is C86H137NO8P+. The molecule has 96 heavy (non-hydrogen) atoms. The van der Waals surface area contributed by atoms with Crippen LogP contribution in [0.25, 0.3) is 0 Å². The van der Waals surface area contributed by atoms with E-state index in [2.05, 4.69) is 233 Å². The van der Waals surface area contributed by atoms with Gasteiger partial charge in [0.05, 0.1) is 27.7 Å². The molecule has 2 unspecified atom stereocenters. The van der Waals surface area contributed by atoms with Gasteiger partial charge in [-0.15, -0.1) is 0 Å². The molecule has 0 fully saturated rings. The second-order valence-electron chi connectivity index (χ2n) is 25.2. The van der Waals surface area contributed by atoms with E-state index >= 15 is 0 Å². The van der Waals surface area contributed by atoms with Crippen LogP contribution in [-0.2, 0) is 32.7 Å². The van der Waals surface area contributed by atoms with Gasteiger partial charge in [-0.25, -0.2) is 4.57 Å². The number of quaternary nitrogens is 1. The zero-order valence-electron chi connectivity index (χ0n) is 61.3. The molecule has 0 heterocycles. The smallest absolute Gasteiger partial charge is 0.462 e. The Kier molecular flexibility index (Phi) is 69.2. The lowest BCUT2D eigenvalue weighted by molar-refractivity contribution is -0.870. The maximum atomic E-state index is 12.9. The maximum Gasteiger partial charge on any atom is 0.472 e. The SMILES string of the molecule is CC/C=C\C/C=C\C/C=C\C/C=C\C/C=C\C/C=C\C/C=C\C/C=C\C/C=C\C/C=C\CCCCCCCCCCC(=O)OC(COC(=O)CCCCCCCCCC/C=C\C/C=C\C/C=C\C/C=C\C/C=C\C/C=C\C/C=C\C/C=C\CC)COP(=O)(O)OCC[N+](C)(C)C. The van der Waals surface area contributed by atoms with E-state index in [1.807, 2.05) is 21.1 Å². The van der Waals surface area contributed by atoms with Crippen LogP contribution in [0.4, 0.5) is 0 Å². The highest BCUT2D eigenvalue weighted by atomic mass is 31.2. The third-order valence-corrected chi connectivity index (χ3v) is 16.0. The largest absolute Gasteiger partial charge is 0.472 e. The molecule has 1 N–H and O–H groups in total. The predicted octanol–water partition coefficient (Wildman–Crippen LogP) is 25.2. The van der Waals surface area contributed by atoms with E-state index in [-0.39, 0.29) is 32.0 Å². The first-order valence-electron chi connectivity index (χ1n) is 37.5. The number of unbranched alkanes of at least 4 members (excludes halogenated alkanes) is 16. The van der Waals surface area contributed by atoms with Crippen molar-refractivity contribution in [1.82, 2.24) is 0 Å². The van der Waals surface area contributed by atoms with Crippen LogP contribution in [0.1, 0.15) is 258 Å². The standard InChI is InChI=1S/C86H136NO8P/c1-6-8-10-12-14-16-18-20-22-24-26-28-30-32-34-36-38-40-41-42-43-44-45-47-49-51-53-55-57-59-61-63-65-67-69-71-73-75-77-79-86(89)95-84(83-94-96(90,91)93-81-80-87(3,4)5)82-92-85(88)78-76-74-72-70-68-66-64-62-60-58-56-54-52-50-48-46-39-37-35-33-31-29-27-25-23-21-19-17-15-13-11-9-7-2/h8-11,14-17,20-23,26-29,32-35,38-40,42-43,45-47,50-53,56-59,84H,6-7,12-13,18-19,24-25,30-31,36-37,41,44,48-49,54-55,60-83H2,1-5H3/p+1/b10-8-,11-9-,16-14-,17-15-,22-20-,23-21-,28-26-,29-27-,34-32-,35-33-,40-38-,43-42-,46-39-,47-45-,52-50-,53-51-,58-56-,59-57-. The van der Waals surface area contributed by atoms with Crippen molar-refractivity contribution in [2.24, 2.45) is 0 Å². The normalized spacial score (nSPS) is 14.4. The van der Waals surface area contributed by atoms with Gasteiger partial charge in [-0.2, -0.15) is 0 Å². The molecule has 10 heteroatoms. The van der Waals surface area contributed by atoms with Crippen molar-refractivity contribution in [3.63, 3.8) is 0 Å². The zero-order valence-corrected chi connectivity index (χ0v) is 62.2. The van der Waals surface area contributed by atoms with E-state index in [0.717, 1.165) is 167 Å². The fourth-order valence-corrected chi connectivity index (χ4v) is 10.1. The molecule has 0 spiro atoms. The average Bonchev–Trinajstić information content (AvgIpc) is 1.98. The van der Waals surface area contributed by atoms with Gasteiger partial charge < -0.3 is 18.9 Å². The number of carbonyl (C=O) groups excluding carboxylic acids is 2. The van der Waals surface area contributed by atoms with E-state index in [1.54, 1.807) is 0 Å². The molecule has 0 aromatic carbocycles. The van der Waals surface area contributed by atoms with Crippen LogP contribution in [0.15, 0.2) is 219 Å². The Morgan fingerprint density at radius 2 is 0.562 bits per heavy atom. The van der Waals surface area contributed by atoms with E-state index in [4.69, 9.17) is 18.5 Å². The van der Waals surface area contributed by atoms with E-state index in [1.165, 1.54) is 51.4 Å². The van der Waals surface area contributed by atoms with Gasteiger partial charge in [0.2, 0.25) is 0 Å². The van der Waals surface area contributed by atoms with Gasteiger partial charge in [-0.1, -0.05) is 310 Å². The zero-order chi connectivity index (χ0) is 69.7. The molecule has 0 radical (unpaired) electrons. The molecule has 0 aliphatic carbocycles. The number of carbonyl (C=O) groups is 2. The number of rotatable bonds is 66. The van der Waals surface area contributed by atoms with Crippen molar-refractivity contribution in [1.29, 1.82) is 0 Å². The highest BCUT2D eigenvalue weighted by Crippen LogP contribution is 2.43. The summed E-state index contributed by atoms with van der Waals surface area (Å²) in [5.74, 6) is -0.831. The fourth-order valence-electron chi connectivity index (χ4n) is 9.35. The number of phosphoric ester groups is 1. The third-order valence-electron chi connectivity index (χ3n) is 15.0. The Morgan fingerprint density at radius 3 is 0.833 bits per heavy atom. The van der Waals surface area contributed by atoms with Gasteiger partial charge in [-0.05, 0) is 154 Å². The second kappa shape index (κ2) is 73.6. The summed E-state index contributed by atoms with van der Waals surface area (Å²) in [5.41, 5.74) is 0. The molecule has 0 aliphatic rings. The molecule has 9 nitrogen and oxygen atoms in total. The van der Waals surface area contributed by atoms with Crippen LogP contribution < -0.4 is 0 Å². The topological polar surface area (TPSA) is 108 Å². The minimum Gasteiger partial charge on any atom is -0.462 e. The van der Waals surface area contributed by atoms with Gasteiger partial charge in [0.15, 0.2) is 6.10 Å². The lowest BCUT2D eigenvalue weighted by Gasteiger charge is -2.24. The number of hydrogen-bond donors (Lipinski definition) is 1. The molecular weight excluding hydrogens is 1210 g/mol. The number of esters is 2. The first kappa shape index (κ1) is 90.3. The van der Waals surface area contributed by atoms with Crippen molar-refractivity contribution in [3.05, 3.63) is 219 Å². The monoisotopic (exact) mass is 1340 g/mol. The van der Waals surface area contributed by atoms with E-state index < -0.39 is 26.5 Å². The maximum absolute atomic E-state index is 12.9. The van der Waals surface area contributed by atoms with Gasteiger partial charge in [0, 0.05) is 12.8 Å². The number of likely N-dealkylation sites (N-methyl/N-ethyl adjacent to an activating group) is 1. The molecule has 538 valence electrons. The van der Waals surface area contributed by atoms with Crippen LogP contribution in [0, 0.1) is 0 Å². The number of nitrogens with zero attached hydrogens (tertiary/aromatic N) is 1. The van der Waals surface area contributed by atoms with Gasteiger partial charge >= 0.3 is 19.8 Å². The van der Waals surface area contributed by atoms with Crippen LogP contribution >= 0.6 is 7.82 Å². The number of hydrogen-bond acceptors (Lipinski definition) is 7. The Labute approximate surface area is 588 Å². The van der Waals surface area contributed by atoms with E-state index in [9.17, 15) is 19.0 Å². The summed E-state index contributed by atoms with van der Waals surface area (Å²) in [5, 5.41) is 0. The summed E-state index contributed by atoms with van der Waals surface area (Å²) in [4.78, 5) is 35.9. The minimum absolute atomic E-state index is 0.0166. The first-order valence-corrected chi connectivity index (χ1v) is 39.0. The molecule has 0 amide bonds. The summed E-state index contributed by atoms with van der Waals surface area (Å²) in [6.45, 7) is 4.16. The number of allylic oxidation sites excluding steroid dienone is 36. The fraction of sp³-hybridized carbons (Fsp3) is 0.558. The van der Waals surface area contributed by atoms with Crippen LogP contribution in [-0.4, -0.2) is 74.9 Å². The van der Waals surface area contributed by atoms with Crippen molar-refractivity contribution in [3.8, 4) is 0 Å². The van der Waals surface area contributed by atoms with Crippen LogP contribution in [0.3, 0.4) is 0 Å². The molecule has 0 aromatic heterocycles. The second-order valence-corrected chi connectivity index (χ2v) is 26.7.